The van der Waals surface area contributed by atoms with Crippen molar-refractivity contribution in [2.24, 2.45) is 11.0 Å². The first-order valence-electron chi connectivity index (χ1n) is 7.57. The molecule has 1 aliphatic carbocycles. The fourth-order valence-electron chi connectivity index (χ4n) is 2.91. The Bertz CT molecular complexity index is 498. The first-order valence-corrected chi connectivity index (χ1v) is 7.57. The van der Waals surface area contributed by atoms with E-state index in [1.807, 2.05) is 18.2 Å². The van der Waals surface area contributed by atoms with Crippen LogP contribution in [-0.2, 0) is 4.74 Å². The van der Waals surface area contributed by atoms with E-state index in [-0.39, 0.29) is 12.0 Å². The molecule has 1 unspecified atom stereocenters. The Morgan fingerprint density at radius 2 is 2.05 bits per heavy atom. The van der Waals surface area contributed by atoms with Gasteiger partial charge >= 0.3 is 5.97 Å². The molecular weight excluding hydrogens is 266 g/mol. The maximum absolute atomic E-state index is 11.8. The van der Waals surface area contributed by atoms with Crippen LogP contribution >= 0.6 is 0 Å². The second-order valence-electron chi connectivity index (χ2n) is 5.46. The number of ether oxygens (including phenoxy) is 1. The molecule has 0 radical (unpaired) electrons. The summed E-state index contributed by atoms with van der Waals surface area (Å²) < 4.78 is 5.27. The summed E-state index contributed by atoms with van der Waals surface area (Å²) in [5.74, 6) is 0.163. The predicted octanol–water partition coefficient (Wildman–Crippen LogP) is 4.49. The number of nitrogens with zero attached hydrogens (tertiary/aromatic N) is 3. The first kappa shape index (κ1) is 15.4. The number of carbonyl (C=O) groups is 1. The standard InChI is InChI=1S/C16H21N3O2/c17-19-18-15-11-5-4-7-13(15)10-6-12-21-16(20)14-8-2-1-3-9-14/h1-3,8-9,13,15H,4-7,10-12H2/t13-,15?/m0/s1. The second kappa shape index (κ2) is 8.32. The maximum Gasteiger partial charge on any atom is 0.338 e. The van der Waals surface area contributed by atoms with Crippen molar-refractivity contribution >= 4 is 5.97 Å². The first-order chi connectivity index (χ1) is 10.3. The van der Waals surface area contributed by atoms with Gasteiger partial charge in [0.2, 0.25) is 0 Å². The number of hydrogen-bond donors (Lipinski definition) is 0. The average molecular weight is 287 g/mol. The van der Waals surface area contributed by atoms with E-state index in [9.17, 15) is 4.79 Å². The van der Waals surface area contributed by atoms with E-state index in [1.54, 1.807) is 12.1 Å². The summed E-state index contributed by atoms with van der Waals surface area (Å²) in [7, 11) is 0. The molecule has 2 atom stereocenters. The number of azide groups is 1. The van der Waals surface area contributed by atoms with E-state index in [0.29, 0.717) is 18.1 Å². The average Bonchev–Trinajstić information content (AvgIpc) is 2.54. The molecule has 112 valence electrons. The van der Waals surface area contributed by atoms with Crippen molar-refractivity contribution in [2.75, 3.05) is 6.61 Å². The lowest BCUT2D eigenvalue weighted by molar-refractivity contribution is 0.0490. The van der Waals surface area contributed by atoms with Crippen LogP contribution in [0.3, 0.4) is 0 Å². The third kappa shape index (κ3) is 4.80. The van der Waals surface area contributed by atoms with Gasteiger partial charge in [-0.05, 0) is 42.8 Å². The van der Waals surface area contributed by atoms with Crippen LogP contribution in [0.5, 0.6) is 0 Å². The van der Waals surface area contributed by atoms with Crippen LogP contribution in [0.2, 0.25) is 0 Å². The molecule has 0 saturated heterocycles. The van der Waals surface area contributed by atoms with Crippen LogP contribution in [0, 0.1) is 5.92 Å². The lowest BCUT2D eigenvalue weighted by Gasteiger charge is -2.27. The van der Waals surface area contributed by atoms with Crippen molar-refractivity contribution in [3.05, 3.63) is 46.3 Å². The highest BCUT2D eigenvalue weighted by molar-refractivity contribution is 5.89. The predicted molar refractivity (Wildman–Crippen MR) is 80.9 cm³/mol. The van der Waals surface area contributed by atoms with Crippen molar-refractivity contribution in [1.82, 2.24) is 0 Å². The molecule has 5 heteroatoms. The van der Waals surface area contributed by atoms with Crippen LogP contribution in [-0.4, -0.2) is 18.6 Å². The lowest BCUT2D eigenvalue weighted by Crippen LogP contribution is -2.23. The van der Waals surface area contributed by atoms with Gasteiger partial charge in [0.25, 0.3) is 0 Å². The smallest absolute Gasteiger partial charge is 0.338 e. The molecule has 5 nitrogen and oxygen atoms in total. The minimum absolute atomic E-state index is 0.119. The Morgan fingerprint density at radius 3 is 2.81 bits per heavy atom. The maximum atomic E-state index is 11.8. The van der Waals surface area contributed by atoms with Crippen LogP contribution in [0.25, 0.3) is 10.4 Å². The number of benzene rings is 1. The van der Waals surface area contributed by atoms with Gasteiger partial charge in [-0.15, -0.1) is 0 Å². The molecule has 1 aromatic carbocycles. The van der Waals surface area contributed by atoms with Gasteiger partial charge in [0.05, 0.1) is 12.2 Å². The fraction of sp³-hybridized carbons (Fsp3) is 0.562. The summed E-state index contributed by atoms with van der Waals surface area (Å²) >= 11 is 0. The molecule has 1 aromatic rings. The van der Waals surface area contributed by atoms with Crippen LogP contribution < -0.4 is 0 Å². The highest BCUT2D eigenvalue weighted by Crippen LogP contribution is 2.30. The van der Waals surface area contributed by atoms with Crippen molar-refractivity contribution in [3.8, 4) is 0 Å². The van der Waals surface area contributed by atoms with Crippen LogP contribution in [0.15, 0.2) is 35.4 Å². The molecule has 2 rings (SSSR count). The molecule has 0 aliphatic heterocycles. The zero-order valence-electron chi connectivity index (χ0n) is 12.1. The minimum atomic E-state index is -0.272. The van der Waals surface area contributed by atoms with E-state index in [1.165, 1.54) is 6.42 Å². The molecule has 0 spiro atoms. The van der Waals surface area contributed by atoms with Crippen LogP contribution in [0.4, 0.5) is 0 Å². The Labute approximate surface area is 124 Å². The normalized spacial score (nSPS) is 21.3. The van der Waals surface area contributed by atoms with Gasteiger partial charge in [0.15, 0.2) is 0 Å². The van der Waals surface area contributed by atoms with Gasteiger partial charge in [-0.2, -0.15) is 0 Å². The molecule has 21 heavy (non-hydrogen) atoms. The number of esters is 1. The summed E-state index contributed by atoms with van der Waals surface area (Å²) in [6.07, 6.45) is 6.20. The summed E-state index contributed by atoms with van der Waals surface area (Å²) in [5.41, 5.74) is 9.18. The quantitative estimate of drug-likeness (QED) is 0.254. The van der Waals surface area contributed by atoms with Crippen molar-refractivity contribution in [3.63, 3.8) is 0 Å². The van der Waals surface area contributed by atoms with Gasteiger partial charge in [-0.25, -0.2) is 4.79 Å². The molecule has 1 saturated carbocycles. The van der Waals surface area contributed by atoms with E-state index >= 15 is 0 Å². The molecule has 1 aliphatic rings. The highest BCUT2D eigenvalue weighted by atomic mass is 16.5. The lowest BCUT2D eigenvalue weighted by atomic mass is 9.82. The van der Waals surface area contributed by atoms with Crippen molar-refractivity contribution in [2.45, 2.75) is 44.6 Å². The second-order valence-corrected chi connectivity index (χ2v) is 5.46. The SMILES string of the molecule is [N-]=[N+]=NC1CCCC[C@H]1CCCOC(=O)c1ccccc1. The van der Waals surface area contributed by atoms with Gasteiger partial charge in [-0.3, -0.25) is 0 Å². The number of hydrogen-bond acceptors (Lipinski definition) is 3. The van der Waals surface area contributed by atoms with Gasteiger partial charge in [-0.1, -0.05) is 42.6 Å². The highest BCUT2D eigenvalue weighted by Gasteiger charge is 2.23. The Morgan fingerprint density at radius 1 is 1.29 bits per heavy atom. The minimum Gasteiger partial charge on any atom is -0.462 e. The summed E-state index contributed by atoms with van der Waals surface area (Å²) in [6.45, 7) is 0.424. The van der Waals surface area contributed by atoms with Gasteiger partial charge in [0, 0.05) is 11.0 Å². The molecule has 1 fully saturated rings. The van der Waals surface area contributed by atoms with Gasteiger partial charge < -0.3 is 4.74 Å². The topological polar surface area (TPSA) is 75.1 Å². The number of carbonyl (C=O) groups excluding carboxylic acids is 1. The van der Waals surface area contributed by atoms with E-state index in [4.69, 9.17) is 10.3 Å². The summed E-state index contributed by atoms with van der Waals surface area (Å²) in [6, 6.07) is 9.14. The van der Waals surface area contributed by atoms with E-state index < -0.39 is 0 Å². The van der Waals surface area contributed by atoms with E-state index in [2.05, 4.69) is 10.0 Å². The fourth-order valence-corrected chi connectivity index (χ4v) is 2.91. The Balaban J connectivity index is 1.71. The molecule has 0 N–H and O–H groups in total. The van der Waals surface area contributed by atoms with E-state index in [0.717, 1.165) is 32.1 Å². The zero-order chi connectivity index (χ0) is 14.9. The Kier molecular flexibility index (Phi) is 6.10. The third-order valence-corrected chi connectivity index (χ3v) is 4.03. The van der Waals surface area contributed by atoms with Gasteiger partial charge in [0.1, 0.15) is 0 Å². The molecule has 0 amide bonds. The zero-order valence-corrected chi connectivity index (χ0v) is 12.1. The summed E-state index contributed by atoms with van der Waals surface area (Å²) in [4.78, 5) is 14.7. The molecule has 0 bridgehead atoms. The Hall–Kier alpha value is -2.00. The van der Waals surface area contributed by atoms with Crippen LogP contribution in [0.1, 0.15) is 48.9 Å². The largest absolute Gasteiger partial charge is 0.462 e. The third-order valence-electron chi connectivity index (χ3n) is 4.03. The molecule has 0 heterocycles. The number of rotatable bonds is 6. The molecule has 0 aromatic heterocycles. The van der Waals surface area contributed by atoms with Crippen molar-refractivity contribution in [1.29, 1.82) is 0 Å². The molecular formula is C16H21N3O2. The van der Waals surface area contributed by atoms with Crippen molar-refractivity contribution < 1.29 is 9.53 Å². The monoisotopic (exact) mass is 287 g/mol. The summed E-state index contributed by atoms with van der Waals surface area (Å²) in [5, 5.41) is 3.90.